The van der Waals surface area contributed by atoms with Gasteiger partial charge in [-0.1, -0.05) is 64.4 Å². The van der Waals surface area contributed by atoms with Crippen molar-refractivity contribution in [3.8, 4) is 0 Å². The number of rotatable bonds is 13. The van der Waals surface area contributed by atoms with E-state index in [1.165, 1.54) is 57.8 Å². The number of aliphatic hydroxyl groups excluding tert-OH is 1. The Labute approximate surface area is 131 Å². The molecule has 0 saturated heterocycles. The van der Waals surface area contributed by atoms with Gasteiger partial charge in [0.25, 0.3) is 0 Å². The fourth-order valence-corrected chi connectivity index (χ4v) is 2.77. The van der Waals surface area contributed by atoms with Crippen LogP contribution < -0.4 is 0 Å². The van der Waals surface area contributed by atoms with Gasteiger partial charge in [0.05, 0.1) is 13.2 Å². The Morgan fingerprint density at radius 3 is 2.38 bits per heavy atom. The molecule has 3 nitrogen and oxygen atoms in total. The molecule has 0 fully saturated rings. The Hall–Kier alpha value is -0.830. The van der Waals surface area contributed by atoms with Gasteiger partial charge in [-0.2, -0.15) is 0 Å². The Morgan fingerprint density at radius 2 is 1.71 bits per heavy atom. The Morgan fingerprint density at radius 1 is 1.05 bits per heavy atom. The van der Waals surface area contributed by atoms with Crippen LogP contribution >= 0.6 is 0 Å². The number of hydrogen-bond acceptors (Lipinski definition) is 3. The molecule has 0 bridgehead atoms. The van der Waals surface area contributed by atoms with Crippen LogP contribution in [0.4, 0.5) is 0 Å². The van der Waals surface area contributed by atoms with E-state index in [2.05, 4.69) is 29.0 Å². The third kappa shape index (κ3) is 8.92. The van der Waals surface area contributed by atoms with Crippen LogP contribution in [0.2, 0.25) is 0 Å². The maximum atomic E-state index is 8.98. The SMILES string of the molecule is CCCCCCCCCCC/C=C/C1=NCCN1CCO. The second kappa shape index (κ2) is 12.9. The first-order valence-corrected chi connectivity index (χ1v) is 8.95. The average molecular weight is 294 g/mol. The highest BCUT2D eigenvalue weighted by Gasteiger charge is 2.12. The minimum absolute atomic E-state index is 0.213. The molecule has 0 aromatic carbocycles. The normalized spacial score (nSPS) is 15.1. The topological polar surface area (TPSA) is 35.8 Å². The molecule has 1 rings (SSSR count). The summed E-state index contributed by atoms with van der Waals surface area (Å²) in [5.74, 6) is 1.06. The van der Waals surface area contributed by atoms with E-state index in [9.17, 15) is 0 Å². The van der Waals surface area contributed by atoms with Crippen molar-refractivity contribution in [2.75, 3.05) is 26.2 Å². The van der Waals surface area contributed by atoms with Gasteiger partial charge in [-0.15, -0.1) is 0 Å². The number of allylic oxidation sites excluding steroid dienone is 1. The predicted octanol–water partition coefficient (Wildman–Crippen LogP) is 4.17. The van der Waals surface area contributed by atoms with Gasteiger partial charge in [0.15, 0.2) is 0 Å². The summed E-state index contributed by atoms with van der Waals surface area (Å²) in [6.07, 6.45) is 18.0. The molecule has 0 aliphatic carbocycles. The summed E-state index contributed by atoms with van der Waals surface area (Å²) >= 11 is 0. The molecule has 0 spiro atoms. The quantitative estimate of drug-likeness (QED) is 0.517. The van der Waals surface area contributed by atoms with Crippen molar-refractivity contribution in [1.29, 1.82) is 0 Å². The van der Waals surface area contributed by atoms with Crippen molar-refractivity contribution in [2.24, 2.45) is 4.99 Å². The minimum atomic E-state index is 0.213. The summed E-state index contributed by atoms with van der Waals surface area (Å²) in [6, 6.07) is 0. The van der Waals surface area contributed by atoms with Crippen molar-refractivity contribution < 1.29 is 5.11 Å². The fraction of sp³-hybridized carbons (Fsp3) is 0.833. The van der Waals surface area contributed by atoms with Crippen LogP contribution in [-0.2, 0) is 0 Å². The maximum absolute atomic E-state index is 8.98. The first kappa shape index (κ1) is 18.2. The van der Waals surface area contributed by atoms with Crippen molar-refractivity contribution in [3.63, 3.8) is 0 Å². The average Bonchev–Trinajstić information content (AvgIpc) is 2.92. The van der Waals surface area contributed by atoms with E-state index in [0.29, 0.717) is 6.54 Å². The van der Waals surface area contributed by atoms with E-state index in [1.54, 1.807) is 0 Å². The van der Waals surface area contributed by atoms with E-state index in [4.69, 9.17) is 5.11 Å². The third-order valence-corrected chi connectivity index (χ3v) is 4.08. The summed E-state index contributed by atoms with van der Waals surface area (Å²) in [4.78, 5) is 6.62. The van der Waals surface area contributed by atoms with Gasteiger partial charge in [0.1, 0.15) is 5.84 Å². The second-order valence-corrected chi connectivity index (χ2v) is 5.97. The number of hydrogen-bond donors (Lipinski definition) is 1. The van der Waals surface area contributed by atoms with E-state index in [1.807, 2.05) is 0 Å². The summed E-state index contributed by atoms with van der Waals surface area (Å²) < 4.78 is 0. The molecule has 122 valence electrons. The summed E-state index contributed by atoms with van der Waals surface area (Å²) in [7, 11) is 0. The van der Waals surface area contributed by atoms with Gasteiger partial charge in [-0.25, -0.2) is 0 Å². The van der Waals surface area contributed by atoms with E-state index in [0.717, 1.165) is 25.3 Å². The number of β-amino-alcohol motifs (C(OH)–C–C–N with tert-alkyl or cyclic N) is 1. The summed E-state index contributed by atoms with van der Waals surface area (Å²) in [5.41, 5.74) is 0. The van der Waals surface area contributed by atoms with Gasteiger partial charge in [-0.3, -0.25) is 4.99 Å². The number of nitrogens with zero attached hydrogens (tertiary/aromatic N) is 2. The highest BCUT2D eigenvalue weighted by Crippen LogP contribution is 2.11. The van der Waals surface area contributed by atoms with Crippen LogP contribution in [0.3, 0.4) is 0 Å². The van der Waals surface area contributed by atoms with Crippen LogP contribution in [0.15, 0.2) is 17.1 Å². The lowest BCUT2D eigenvalue weighted by molar-refractivity contribution is 0.257. The summed E-state index contributed by atoms with van der Waals surface area (Å²) in [5, 5.41) is 8.98. The molecule has 1 N–H and O–H groups in total. The highest BCUT2D eigenvalue weighted by atomic mass is 16.3. The van der Waals surface area contributed by atoms with Gasteiger partial charge in [0.2, 0.25) is 0 Å². The summed E-state index contributed by atoms with van der Waals surface area (Å²) in [6.45, 7) is 5.02. The van der Waals surface area contributed by atoms with Gasteiger partial charge in [0, 0.05) is 13.1 Å². The Bertz CT molecular complexity index is 300. The molecule has 0 aromatic rings. The molecule has 3 heteroatoms. The molecule has 0 atom stereocenters. The molecule has 0 amide bonds. The molecule has 1 aliphatic rings. The minimum Gasteiger partial charge on any atom is -0.395 e. The number of amidine groups is 1. The lowest BCUT2D eigenvalue weighted by Gasteiger charge is -2.16. The molecular formula is C18H34N2O. The third-order valence-electron chi connectivity index (χ3n) is 4.08. The van der Waals surface area contributed by atoms with Gasteiger partial charge < -0.3 is 10.0 Å². The van der Waals surface area contributed by atoms with E-state index < -0.39 is 0 Å². The van der Waals surface area contributed by atoms with Crippen LogP contribution in [0.25, 0.3) is 0 Å². The molecule has 1 heterocycles. The lowest BCUT2D eigenvalue weighted by Crippen LogP contribution is -2.29. The van der Waals surface area contributed by atoms with Gasteiger partial charge >= 0.3 is 0 Å². The fourth-order valence-electron chi connectivity index (χ4n) is 2.77. The monoisotopic (exact) mass is 294 g/mol. The number of unbranched alkanes of at least 4 members (excludes halogenated alkanes) is 9. The van der Waals surface area contributed by atoms with Crippen LogP contribution in [0, 0.1) is 0 Å². The lowest BCUT2D eigenvalue weighted by atomic mass is 10.1. The molecule has 21 heavy (non-hydrogen) atoms. The predicted molar refractivity (Wildman–Crippen MR) is 91.9 cm³/mol. The van der Waals surface area contributed by atoms with Crippen LogP contribution in [0.1, 0.15) is 71.1 Å². The zero-order valence-electron chi connectivity index (χ0n) is 13.9. The zero-order chi connectivity index (χ0) is 15.2. The van der Waals surface area contributed by atoms with E-state index in [-0.39, 0.29) is 6.61 Å². The molecule has 0 radical (unpaired) electrons. The van der Waals surface area contributed by atoms with Crippen molar-refractivity contribution in [1.82, 2.24) is 4.90 Å². The Balaban J connectivity index is 1.93. The maximum Gasteiger partial charge on any atom is 0.123 e. The van der Waals surface area contributed by atoms with Crippen molar-refractivity contribution in [2.45, 2.75) is 71.1 Å². The largest absolute Gasteiger partial charge is 0.395 e. The highest BCUT2D eigenvalue weighted by molar-refractivity contribution is 5.94. The van der Waals surface area contributed by atoms with E-state index >= 15 is 0 Å². The Kier molecular flexibility index (Phi) is 11.2. The van der Waals surface area contributed by atoms with Crippen molar-refractivity contribution in [3.05, 3.63) is 12.2 Å². The standard InChI is InChI=1S/C18H34N2O/c1-2-3-4-5-6-7-8-9-10-11-12-13-18-19-14-15-20(18)16-17-21/h12-13,21H,2-11,14-17H2,1H3/b13-12+. The van der Waals surface area contributed by atoms with Crippen molar-refractivity contribution >= 4 is 5.84 Å². The first-order chi connectivity index (χ1) is 10.4. The molecule has 1 aliphatic heterocycles. The van der Waals surface area contributed by atoms with Crippen LogP contribution in [0.5, 0.6) is 0 Å². The molecule has 0 saturated carbocycles. The zero-order valence-corrected chi connectivity index (χ0v) is 13.9. The second-order valence-electron chi connectivity index (χ2n) is 5.97. The van der Waals surface area contributed by atoms with Crippen LogP contribution in [-0.4, -0.2) is 42.1 Å². The smallest absolute Gasteiger partial charge is 0.123 e. The van der Waals surface area contributed by atoms with Gasteiger partial charge in [-0.05, 0) is 18.9 Å². The molecule has 0 unspecified atom stereocenters. The number of aliphatic imine (C=N–C) groups is 1. The molecular weight excluding hydrogens is 260 g/mol. The molecule has 0 aromatic heterocycles. The first-order valence-electron chi connectivity index (χ1n) is 8.95. The number of aliphatic hydroxyl groups is 1.